The van der Waals surface area contributed by atoms with Crippen LogP contribution in [-0.2, 0) is 12.5 Å². The summed E-state index contributed by atoms with van der Waals surface area (Å²) in [6, 6.07) is 6.19. The maximum Gasteiger partial charge on any atom is 0.231 e. The first kappa shape index (κ1) is 18.7. The summed E-state index contributed by atoms with van der Waals surface area (Å²) < 4.78 is 12.8. The molecule has 0 amide bonds. The van der Waals surface area contributed by atoms with E-state index in [0.717, 1.165) is 43.5 Å². The zero-order chi connectivity index (χ0) is 19.7. The quantitative estimate of drug-likeness (QED) is 0.649. The predicted octanol–water partition coefficient (Wildman–Crippen LogP) is 2.49. The van der Waals surface area contributed by atoms with Crippen LogP contribution in [0.5, 0.6) is 11.5 Å². The van der Waals surface area contributed by atoms with E-state index in [9.17, 15) is 0 Å². The van der Waals surface area contributed by atoms with Crippen LogP contribution in [0.15, 0.2) is 35.6 Å². The van der Waals surface area contributed by atoms with Gasteiger partial charge in [-0.2, -0.15) is 5.10 Å². The monoisotopic (exact) mass is 383 g/mol. The third-order valence-electron chi connectivity index (χ3n) is 5.74. The third kappa shape index (κ3) is 3.66. The minimum Gasteiger partial charge on any atom is -0.454 e. The van der Waals surface area contributed by atoms with E-state index in [1.807, 2.05) is 31.0 Å². The number of guanidine groups is 1. The van der Waals surface area contributed by atoms with Crippen LogP contribution in [0.25, 0.3) is 0 Å². The van der Waals surface area contributed by atoms with Crippen molar-refractivity contribution in [2.75, 3.05) is 33.5 Å². The molecule has 1 unspecified atom stereocenters. The van der Waals surface area contributed by atoms with Crippen molar-refractivity contribution in [2.24, 2.45) is 12.0 Å². The van der Waals surface area contributed by atoms with Crippen molar-refractivity contribution in [1.82, 2.24) is 20.0 Å². The molecule has 1 saturated heterocycles. The van der Waals surface area contributed by atoms with Gasteiger partial charge >= 0.3 is 0 Å². The molecule has 0 bridgehead atoms. The fourth-order valence-corrected chi connectivity index (χ4v) is 3.93. The van der Waals surface area contributed by atoms with E-state index in [0.29, 0.717) is 12.7 Å². The number of nitrogens with zero attached hydrogens (tertiary/aromatic N) is 4. The van der Waals surface area contributed by atoms with Gasteiger partial charge < -0.3 is 19.7 Å². The van der Waals surface area contributed by atoms with Gasteiger partial charge in [-0.15, -0.1) is 0 Å². The molecule has 7 heteroatoms. The number of nitrogens with one attached hydrogen (secondary N) is 1. The van der Waals surface area contributed by atoms with Crippen LogP contribution in [0.4, 0.5) is 0 Å². The van der Waals surface area contributed by atoms with Gasteiger partial charge in [0.15, 0.2) is 17.5 Å². The Morgan fingerprint density at radius 2 is 2.14 bits per heavy atom. The standard InChI is InChI=1S/C21H29N5O2/c1-21(2,17-5-6-18-19(9-17)28-14-27-18)13-23-20(22-3)26-8-7-15(12-26)16-10-24-25(4)11-16/h5-6,9-11,15H,7-8,12-14H2,1-4H3,(H,22,23). The Bertz CT molecular complexity index is 873. The summed E-state index contributed by atoms with van der Waals surface area (Å²) in [7, 11) is 3.82. The molecule has 2 aliphatic heterocycles. The van der Waals surface area contributed by atoms with Crippen LogP contribution in [0.2, 0.25) is 0 Å². The van der Waals surface area contributed by atoms with Gasteiger partial charge in [-0.25, -0.2) is 0 Å². The van der Waals surface area contributed by atoms with Gasteiger partial charge in [-0.05, 0) is 29.7 Å². The molecular formula is C21H29N5O2. The summed E-state index contributed by atoms with van der Waals surface area (Å²) in [5.74, 6) is 3.12. The second kappa shape index (κ2) is 7.37. The largest absolute Gasteiger partial charge is 0.454 e. The van der Waals surface area contributed by atoms with Gasteiger partial charge in [0, 0.05) is 51.3 Å². The summed E-state index contributed by atoms with van der Waals surface area (Å²) >= 11 is 0. The van der Waals surface area contributed by atoms with Crippen molar-refractivity contribution in [2.45, 2.75) is 31.6 Å². The number of aliphatic imine (C=N–C) groups is 1. The fraction of sp³-hybridized carbons (Fsp3) is 0.524. The van der Waals surface area contributed by atoms with Crippen LogP contribution < -0.4 is 14.8 Å². The van der Waals surface area contributed by atoms with Crippen molar-refractivity contribution in [1.29, 1.82) is 0 Å². The lowest BCUT2D eigenvalue weighted by Crippen LogP contribution is -2.45. The Hall–Kier alpha value is -2.70. The number of ether oxygens (including phenoxy) is 2. The molecule has 4 rings (SSSR count). The zero-order valence-electron chi connectivity index (χ0n) is 17.1. The molecule has 2 aromatic rings. The molecule has 1 N–H and O–H groups in total. The highest BCUT2D eigenvalue weighted by molar-refractivity contribution is 5.80. The van der Waals surface area contributed by atoms with Crippen molar-refractivity contribution in [3.05, 3.63) is 41.7 Å². The molecule has 150 valence electrons. The summed E-state index contributed by atoms with van der Waals surface area (Å²) in [5.41, 5.74) is 2.45. The first-order chi connectivity index (χ1) is 13.5. The third-order valence-corrected chi connectivity index (χ3v) is 5.74. The molecule has 0 radical (unpaired) electrons. The van der Waals surface area contributed by atoms with Gasteiger partial charge in [0.05, 0.1) is 6.20 Å². The van der Waals surface area contributed by atoms with E-state index >= 15 is 0 Å². The van der Waals surface area contributed by atoms with Crippen molar-refractivity contribution >= 4 is 5.96 Å². The summed E-state index contributed by atoms with van der Waals surface area (Å²) in [5, 5.41) is 7.89. The Kier molecular flexibility index (Phi) is 4.91. The Morgan fingerprint density at radius 3 is 2.89 bits per heavy atom. The van der Waals surface area contributed by atoms with Gasteiger partial charge in [0.2, 0.25) is 6.79 Å². The number of aryl methyl sites for hydroxylation is 1. The molecule has 3 heterocycles. The van der Waals surface area contributed by atoms with Crippen LogP contribution >= 0.6 is 0 Å². The van der Waals surface area contributed by atoms with Crippen molar-refractivity contribution in [3.63, 3.8) is 0 Å². The van der Waals surface area contributed by atoms with Gasteiger partial charge in [0.25, 0.3) is 0 Å². The zero-order valence-corrected chi connectivity index (χ0v) is 17.1. The second-order valence-corrected chi connectivity index (χ2v) is 8.23. The summed E-state index contributed by atoms with van der Waals surface area (Å²) in [6.07, 6.45) is 5.22. The second-order valence-electron chi connectivity index (χ2n) is 8.23. The molecule has 1 atom stereocenters. The lowest BCUT2D eigenvalue weighted by molar-refractivity contribution is 0.174. The Morgan fingerprint density at radius 1 is 1.32 bits per heavy atom. The Balaban J connectivity index is 1.39. The lowest BCUT2D eigenvalue weighted by atomic mass is 9.84. The minimum atomic E-state index is -0.0700. The van der Waals surface area contributed by atoms with Gasteiger partial charge in [0.1, 0.15) is 0 Å². The van der Waals surface area contributed by atoms with Gasteiger partial charge in [-0.1, -0.05) is 19.9 Å². The summed E-state index contributed by atoms with van der Waals surface area (Å²) in [4.78, 5) is 6.86. The topological polar surface area (TPSA) is 63.9 Å². The minimum absolute atomic E-state index is 0.0700. The first-order valence-electron chi connectivity index (χ1n) is 9.80. The molecule has 1 fully saturated rings. The molecular weight excluding hydrogens is 354 g/mol. The van der Waals surface area contributed by atoms with E-state index in [2.05, 4.69) is 52.5 Å². The van der Waals surface area contributed by atoms with Crippen molar-refractivity contribution < 1.29 is 9.47 Å². The van der Waals surface area contributed by atoms with Crippen LogP contribution in [-0.4, -0.2) is 54.1 Å². The molecule has 7 nitrogen and oxygen atoms in total. The molecule has 0 saturated carbocycles. The summed E-state index contributed by atoms with van der Waals surface area (Å²) in [6.45, 7) is 7.52. The number of fused-ring (bicyclic) bond motifs is 1. The lowest BCUT2D eigenvalue weighted by Gasteiger charge is -2.29. The van der Waals surface area contributed by atoms with E-state index in [4.69, 9.17) is 9.47 Å². The number of benzene rings is 1. The molecule has 0 aliphatic carbocycles. The predicted molar refractivity (Wildman–Crippen MR) is 109 cm³/mol. The molecule has 0 spiro atoms. The molecule has 1 aromatic carbocycles. The number of aromatic nitrogens is 2. The molecule has 2 aliphatic rings. The highest BCUT2D eigenvalue weighted by atomic mass is 16.7. The first-order valence-corrected chi connectivity index (χ1v) is 9.80. The average molecular weight is 383 g/mol. The van der Waals surface area contributed by atoms with E-state index in [-0.39, 0.29) is 5.41 Å². The maximum absolute atomic E-state index is 5.54. The fourth-order valence-electron chi connectivity index (χ4n) is 3.93. The van der Waals surface area contributed by atoms with E-state index in [1.165, 1.54) is 11.1 Å². The van der Waals surface area contributed by atoms with E-state index < -0.39 is 0 Å². The average Bonchev–Trinajstić information content (AvgIpc) is 3.41. The van der Waals surface area contributed by atoms with Crippen LogP contribution in [0, 0.1) is 0 Å². The van der Waals surface area contributed by atoms with Gasteiger partial charge in [-0.3, -0.25) is 9.67 Å². The van der Waals surface area contributed by atoms with Crippen LogP contribution in [0.1, 0.15) is 37.3 Å². The van der Waals surface area contributed by atoms with Crippen LogP contribution in [0.3, 0.4) is 0 Å². The smallest absolute Gasteiger partial charge is 0.231 e. The van der Waals surface area contributed by atoms with E-state index in [1.54, 1.807) is 0 Å². The highest BCUT2D eigenvalue weighted by Gasteiger charge is 2.29. The number of rotatable bonds is 4. The number of hydrogen-bond acceptors (Lipinski definition) is 4. The maximum atomic E-state index is 5.54. The highest BCUT2D eigenvalue weighted by Crippen LogP contribution is 2.36. The van der Waals surface area contributed by atoms with Crippen molar-refractivity contribution in [3.8, 4) is 11.5 Å². The molecule has 28 heavy (non-hydrogen) atoms. The number of likely N-dealkylation sites (tertiary alicyclic amines) is 1. The molecule has 1 aromatic heterocycles. The normalized spacial score (nSPS) is 19.4. The Labute approximate surface area is 166 Å². The number of hydrogen-bond donors (Lipinski definition) is 1. The SMILES string of the molecule is CN=C(NCC(C)(C)c1ccc2c(c1)OCO2)N1CCC(c2cnn(C)c2)C1.